The molecule has 5 atom stereocenters. The number of benzene rings is 1. The number of aliphatic hydroxyl groups excluding tert-OH is 1. The van der Waals surface area contributed by atoms with Crippen molar-refractivity contribution in [2.24, 2.45) is 22.7 Å². The Morgan fingerprint density at radius 2 is 1.91 bits per heavy atom. The summed E-state index contributed by atoms with van der Waals surface area (Å²) in [6, 6.07) is 8.09. The lowest BCUT2D eigenvalue weighted by atomic mass is 9.49. The zero-order valence-corrected chi connectivity index (χ0v) is 20.4. The number of aliphatic hydroxyl groups is 2. The van der Waals surface area contributed by atoms with Gasteiger partial charge in [0.2, 0.25) is 0 Å². The van der Waals surface area contributed by atoms with Crippen molar-refractivity contribution < 1.29 is 10.2 Å². The molecule has 3 N–H and O–H groups in total. The van der Waals surface area contributed by atoms with Crippen LogP contribution in [0.2, 0.25) is 0 Å². The highest BCUT2D eigenvalue weighted by molar-refractivity contribution is 5.87. The van der Waals surface area contributed by atoms with E-state index in [0.717, 1.165) is 55.0 Å². The normalized spacial score (nSPS) is 36.5. The van der Waals surface area contributed by atoms with Crippen LogP contribution in [0.4, 0.5) is 0 Å². The summed E-state index contributed by atoms with van der Waals surface area (Å²) in [4.78, 5) is 15.0. The first kappa shape index (κ1) is 22.1. The minimum atomic E-state index is -0.869. The Balaban J connectivity index is 1.47. The van der Waals surface area contributed by atoms with Gasteiger partial charge in [0.15, 0.2) is 0 Å². The highest BCUT2D eigenvalue weighted by atomic mass is 16.3. The van der Waals surface area contributed by atoms with Crippen LogP contribution in [0.5, 0.6) is 0 Å². The summed E-state index contributed by atoms with van der Waals surface area (Å²) in [7, 11) is 0. The molecule has 0 bridgehead atoms. The first-order chi connectivity index (χ1) is 16.1. The molecule has 178 valence electrons. The van der Waals surface area contributed by atoms with Gasteiger partial charge in [-0.3, -0.25) is 4.79 Å². The minimum absolute atomic E-state index is 0.0634. The number of H-pyrrole nitrogens is 1. The van der Waals surface area contributed by atoms with Gasteiger partial charge in [-0.25, -0.2) is 0 Å². The molecule has 2 aromatic rings. The zero-order valence-electron chi connectivity index (χ0n) is 20.4. The van der Waals surface area contributed by atoms with Gasteiger partial charge >= 0.3 is 0 Å². The molecule has 4 heteroatoms. The zero-order chi connectivity index (χ0) is 23.9. The van der Waals surface area contributed by atoms with Crippen molar-refractivity contribution in [3.05, 3.63) is 75.8 Å². The fourth-order valence-electron chi connectivity index (χ4n) is 7.69. The molecule has 4 unspecified atom stereocenters. The van der Waals surface area contributed by atoms with E-state index in [-0.39, 0.29) is 28.4 Å². The number of allylic oxidation sites excluding steroid dienone is 3. The van der Waals surface area contributed by atoms with Gasteiger partial charge in [-0.2, -0.15) is 0 Å². The number of nitrogens with one attached hydrogen (secondary N) is 1. The summed E-state index contributed by atoms with van der Waals surface area (Å²) >= 11 is 0. The molecule has 1 fully saturated rings. The maximum atomic E-state index is 12.4. The molecule has 0 amide bonds. The fraction of sp³-hybridized carbons (Fsp3) is 0.500. The second kappa shape index (κ2) is 7.29. The number of hydrogen-bond acceptors (Lipinski definition) is 3. The van der Waals surface area contributed by atoms with Crippen molar-refractivity contribution in [1.29, 1.82) is 0 Å². The van der Waals surface area contributed by atoms with Crippen molar-refractivity contribution >= 4 is 16.3 Å². The van der Waals surface area contributed by atoms with Crippen molar-refractivity contribution in [3.8, 4) is 0 Å². The van der Waals surface area contributed by atoms with E-state index in [1.54, 1.807) is 6.20 Å². The molecular formula is C30H35NO3. The van der Waals surface area contributed by atoms with E-state index < -0.39 is 5.60 Å². The number of rotatable bonds is 1. The van der Waals surface area contributed by atoms with Crippen LogP contribution in [0.1, 0.15) is 64.9 Å². The number of pyridine rings is 1. The minimum Gasteiger partial charge on any atom is -0.393 e. The van der Waals surface area contributed by atoms with Gasteiger partial charge < -0.3 is 15.2 Å². The van der Waals surface area contributed by atoms with E-state index in [0.29, 0.717) is 11.3 Å². The van der Waals surface area contributed by atoms with E-state index >= 15 is 0 Å². The summed E-state index contributed by atoms with van der Waals surface area (Å²) < 4.78 is 0. The maximum Gasteiger partial charge on any atom is 0.255 e. The van der Waals surface area contributed by atoms with Gasteiger partial charge in [-0.15, -0.1) is 0 Å². The molecule has 4 aliphatic rings. The number of aromatic nitrogens is 1. The third-order valence-electron chi connectivity index (χ3n) is 9.89. The molecule has 6 rings (SSSR count). The Labute approximate surface area is 201 Å². The summed E-state index contributed by atoms with van der Waals surface area (Å²) in [5.74, 6) is 0.558. The van der Waals surface area contributed by atoms with Crippen LogP contribution in [0.15, 0.2) is 64.6 Å². The largest absolute Gasteiger partial charge is 0.393 e. The molecule has 1 aromatic heterocycles. The first-order valence-corrected chi connectivity index (χ1v) is 12.8. The Morgan fingerprint density at radius 1 is 1.09 bits per heavy atom. The molecular weight excluding hydrogens is 422 g/mol. The molecule has 1 aromatic carbocycles. The van der Waals surface area contributed by atoms with Gasteiger partial charge in [0.1, 0.15) is 0 Å². The Bertz CT molecular complexity index is 1330. The van der Waals surface area contributed by atoms with E-state index in [4.69, 9.17) is 0 Å². The fourth-order valence-corrected chi connectivity index (χ4v) is 7.69. The van der Waals surface area contributed by atoms with Crippen LogP contribution >= 0.6 is 0 Å². The monoisotopic (exact) mass is 457 g/mol. The van der Waals surface area contributed by atoms with Gasteiger partial charge in [-0.05, 0) is 90.2 Å². The first-order valence-electron chi connectivity index (χ1n) is 12.8. The predicted octanol–water partition coefficient (Wildman–Crippen LogP) is 5.52. The smallest absolute Gasteiger partial charge is 0.255 e. The Morgan fingerprint density at radius 3 is 2.74 bits per heavy atom. The lowest BCUT2D eigenvalue weighted by Crippen LogP contribution is -2.55. The van der Waals surface area contributed by atoms with Crippen molar-refractivity contribution in [1.82, 2.24) is 4.98 Å². The molecule has 0 aliphatic heterocycles. The Kier molecular flexibility index (Phi) is 4.73. The summed E-state index contributed by atoms with van der Waals surface area (Å²) in [6.45, 7) is 6.93. The average molecular weight is 458 g/mol. The topological polar surface area (TPSA) is 73.3 Å². The molecule has 0 radical (unpaired) electrons. The maximum absolute atomic E-state index is 12.4. The van der Waals surface area contributed by atoms with Gasteiger partial charge in [0.05, 0.1) is 11.7 Å². The van der Waals surface area contributed by atoms with E-state index in [1.807, 2.05) is 12.1 Å². The lowest BCUT2D eigenvalue weighted by molar-refractivity contribution is -0.0651. The molecule has 1 heterocycles. The average Bonchev–Trinajstić information content (AvgIpc) is 3.10. The number of hydrogen-bond donors (Lipinski definition) is 3. The molecule has 4 nitrogen and oxygen atoms in total. The Hall–Kier alpha value is -2.43. The highest BCUT2D eigenvalue weighted by Crippen LogP contribution is 2.67. The second-order valence-corrected chi connectivity index (χ2v) is 11.9. The number of aromatic amines is 1. The van der Waals surface area contributed by atoms with Gasteiger partial charge in [0.25, 0.3) is 5.56 Å². The molecule has 0 spiro atoms. The summed E-state index contributed by atoms with van der Waals surface area (Å²) in [5.41, 5.74) is 3.46. The highest BCUT2D eigenvalue weighted by Gasteiger charge is 2.62. The van der Waals surface area contributed by atoms with Crippen LogP contribution in [-0.4, -0.2) is 26.9 Å². The van der Waals surface area contributed by atoms with E-state index in [1.165, 1.54) is 11.1 Å². The van der Waals surface area contributed by atoms with Crippen LogP contribution in [0.3, 0.4) is 0 Å². The predicted molar refractivity (Wildman–Crippen MR) is 136 cm³/mol. The molecule has 0 saturated heterocycles. The third kappa shape index (κ3) is 2.94. The molecule has 1 saturated carbocycles. The molecule has 34 heavy (non-hydrogen) atoms. The van der Waals surface area contributed by atoms with Crippen LogP contribution in [-0.2, 0) is 0 Å². The SMILES string of the molecule is CC1(C)C=C2C=C3CC(O)CCC3CC[C@]2(O)C2CC=C(c3ccc4c(=O)[nH]ccc4c3)C21C. The summed E-state index contributed by atoms with van der Waals surface area (Å²) in [6.07, 6.45) is 13.6. The van der Waals surface area contributed by atoms with Crippen LogP contribution in [0, 0.1) is 22.7 Å². The van der Waals surface area contributed by atoms with E-state index in [2.05, 4.69) is 56.1 Å². The lowest BCUT2D eigenvalue weighted by Gasteiger charge is -2.56. The third-order valence-corrected chi connectivity index (χ3v) is 9.89. The number of fused-ring (bicyclic) bond motifs is 5. The second-order valence-electron chi connectivity index (χ2n) is 11.9. The van der Waals surface area contributed by atoms with E-state index in [9.17, 15) is 15.0 Å². The van der Waals surface area contributed by atoms with Crippen LogP contribution in [0.25, 0.3) is 16.3 Å². The van der Waals surface area contributed by atoms with Gasteiger partial charge in [-0.1, -0.05) is 50.6 Å². The van der Waals surface area contributed by atoms with Crippen molar-refractivity contribution in [3.63, 3.8) is 0 Å². The summed E-state index contributed by atoms with van der Waals surface area (Å²) in [5, 5.41) is 24.3. The van der Waals surface area contributed by atoms with Crippen molar-refractivity contribution in [2.45, 2.75) is 71.0 Å². The quantitative estimate of drug-likeness (QED) is 0.528. The molecule has 4 aliphatic carbocycles. The van der Waals surface area contributed by atoms with Crippen LogP contribution < -0.4 is 5.56 Å². The van der Waals surface area contributed by atoms with Gasteiger partial charge in [0, 0.05) is 22.9 Å². The standard InChI is InChI=1S/C30H35NO3/c1-28(2)17-22-15-21-16-23(32)6-4-18(21)10-12-30(22,34)26-9-8-25(29(26,28)3)20-5-7-24-19(14-20)11-13-31-27(24)33/h5,7-8,11,13-15,17-18,23,26,32,34H,4,6,9-10,12,16H2,1-3H3,(H,31,33)/t18?,23?,26?,29?,30-/m1/s1. The van der Waals surface area contributed by atoms with Crippen molar-refractivity contribution in [2.75, 3.05) is 0 Å².